The number of carbonyl (C=O) groups excluding carboxylic acids is 1. The van der Waals surface area contributed by atoms with Crippen LogP contribution in [0.2, 0.25) is 0 Å². The zero-order valence-corrected chi connectivity index (χ0v) is 13.1. The first-order valence-corrected chi connectivity index (χ1v) is 8.43. The minimum absolute atomic E-state index is 0.184. The number of ether oxygens (including phenoxy) is 1. The molecule has 2 aliphatic rings. The second kappa shape index (κ2) is 7.47. The maximum Gasteiger partial charge on any atom is 0.320 e. The Hall–Kier alpha value is -1.78. The Morgan fingerprint density at radius 3 is 2.77 bits per heavy atom. The Balaban J connectivity index is 1.59. The fourth-order valence-corrected chi connectivity index (χ4v) is 3.32. The lowest BCUT2D eigenvalue weighted by Crippen LogP contribution is -2.53. The Labute approximate surface area is 132 Å². The van der Waals surface area contributed by atoms with Gasteiger partial charge in [-0.05, 0) is 50.7 Å². The highest BCUT2D eigenvalue weighted by atomic mass is 16.5. The standard InChI is InChI=1S/C17H25N3O2/c21-17(19-10-3-1-4-11-19)20-12-5-2-7-15(20)14-22-16-8-6-9-18-13-16/h6,8-9,13,15H,1-5,7,10-12,14H2. The summed E-state index contributed by atoms with van der Waals surface area (Å²) in [5.74, 6) is 0.776. The molecule has 0 N–H and O–H groups in total. The highest BCUT2D eigenvalue weighted by Crippen LogP contribution is 2.21. The van der Waals surface area contributed by atoms with Crippen LogP contribution in [0.4, 0.5) is 4.79 Å². The van der Waals surface area contributed by atoms with E-state index in [9.17, 15) is 4.79 Å². The van der Waals surface area contributed by atoms with Crippen LogP contribution < -0.4 is 4.74 Å². The molecule has 1 aromatic heterocycles. The number of aromatic nitrogens is 1. The van der Waals surface area contributed by atoms with Crippen molar-refractivity contribution < 1.29 is 9.53 Å². The van der Waals surface area contributed by atoms with Crippen LogP contribution in [0, 0.1) is 0 Å². The first-order chi connectivity index (χ1) is 10.8. The van der Waals surface area contributed by atoms with Crippen molar-refractivity contribution in [1.82, 2.24) is 14.8 Å². The molecule has 0 bridgehead atoms. The van der Waals surface area contributed by atoms with Gasteiger partial charge in [-0.2, -0.15) is 0 Å². The summed E-state index contributed by atoms with van der Waals surface area (Å²) < 4.78 is 5.84. The molecule has 0 aromatic carbocycles. The molecule has 5 heteroatoms. The van der Waals surface area contributed by atoms with Gasteiger partial charge in [-0.25, -0.2) is 4.79 Å². The number of pyridine rings is 1. The lowest BCUT2D eigenvalue weighted by atomic mass is 10.0. The van der Waals surface area contributed by atoms with Gasteiger partial charge in [0.2, 0.25) is 0 Å². The molecule has 2 aliphatic heterocycles. The fraction of sp³-hybridized carbons (Fsp3) is 0.647. The van der Waals surface area contributed by atoms with Crippen LogP contribution in [0.15, 0.2) is 24.5 Å². The summed E-state index contributed by atoms with van der Waals surface area (Å²) >= 11 is 0. The second-order valence-electron chi connectivity index (χ2n) is 6.17. The molecule has 1 aromatic rings. The molecule has 3 rings (SSSR count). The van der Waals surface area contributed by atoms with Crippen LogP contribution >= 0.6 is 0 Å². The largest absolute Gasteiger partial charge is 0.490 e. The van der Waals surface area contributed by atoms with E-state index in [-0.39, 0.29) is 12.1 Å². The molecule has 5 nitrogen and oxygen atoms in total. The molecule has 0 radical (unpaired) electrons. The number of hydrogen-bond donors (Lipinski definition) is 0. The highest BCUT2D eigenvalue weighted by molar-refractivity contribution is 5.75. The van der Waals surface area contributed by atoms with E-state index in [4.69, 9.17) is 4.74 Å². The molecular weight excluding hydrogens is 278 g/mol. The first-order valence-electron chi connectivity index (χ1n) is 8.43. The third-order valence-electron chi connectivity index (χ3n) is 4.58. The predicted molar refractivity (Wildman–Crippen MR) is 84.9 cm³/mol. The van der Waals surface area contributed by atoms with Crippen molar-refractivity contribution in [3.63, 3.8) is 0 Å². The van der Waals surface area contributed by atoms with Gasteiger partial charge < -0.3 is 14.5 Å². The fourth-order valence-electron chi connectivity index (χ4n) is 3.32. The van der Waals surface area contributed by atoms with E-state index < -0.39 is 0 Å². The van der Waals surface area contributed by atoms with Crippen molar-refractivity contribution in [2.75, 3.05) is 26.2 Å². The number of hydrogen-bond acceptors (Lipinski definition) is 3. The van der Waals surface area contributed by atoms with E-state index in [2.05, 4.69) is 4.98 Å². The molecule has 2 fully saturated rings. The van der Waals surface area contributed by atoms with E-state index in [1.807, 2.05) is 21.9 Å². The molecule has 2 saturated heterocycles. The van der Waals surface area contributed by atoms with Gasteiger partial charge in [0.05, 0.1) is 12.2 Å². The van der Waals surface area contributed by atoms with E-state index in [1.165, 1.54) is 12.8 Å². The third kappa shape index (κ3) is 3.70. The predicted octanol–water partition coefficient (Wildman–Crippen LogP) is 2.92. The van der Waals surface area contributed by atoms with Crippen LogP contribution in [-0.2, 0) is 0 Å². The average molecular weight is 303 g/mol. The van der Waals surface area contributed by atoms with Gasteiger partial charge in [0, 0.05) is 25.8 Å². The minimum atomic E-state index is 0.184. The summed E-state index contributed by atoms with van der Waals surface area (Å²) in [7, 11) is 0. The van der Waals surface area contributed by atoms with Crippen molar-refractivity contribution in [2.24, 2.45) is 0 Å². The molecule has 0 aliphatic carbocycles. The molecule has 1 unspecified atom stereocenters. The topological polar surface area (TPSA) is 45.7 Å². The quantitative estimate of drug-likeness (QED) is 0.862. The third-order valence-corrected chi connectivity index (χ3v) is 4.58. The zero-order chi connectivity index (χ0) is 15.2. The van der Waals surface area contributed by atoms with Gasteiger partial charge in [0.1, 0.15) is 12.4 Å². The molecule has 0 saturated carbocycles. The van der Waals surface area contributed by atoms with Gasteiger partial charge in [0.25, 0.3) is 0 Å². The Kier molecular flexibility index (Phi) is 5.14. The molecular formula is C17H25N3O2. The molecule has 120 valence electrons. The summed E-state index contributed by atoms with van der Waals surface area (Å²) in [6.07, 6.45) is 10.3. The van der Waals surface area contributed by atoms with Crippen LogP contribution in [0.25, 0.3) is 0 Å². The maximum absolute atomic E-state index is 12.8. The van der Waals surface area contributed by atoms with E-state index in [1.54, 1.807) is 12.4 Å². The molecule has 1 atom stereocenters. The Morgan fingerprint density at radius 1 is 1.18 bits per heavy atom. The normalized spacial score (nSPS) is 22.5. The van der Waals surface area contributed by atoms with Crippen LogP contribution in [-0.4, -0.2) is 53.1 Å². The number of likely N-dealkylation sites (tertiary alicyclic amines) is 2. The number of piperidine rings is 2. The van der Waals surface area contributed by atoms with Crippen molar-refractivity contribution in [3.8, 4) is 5.75 Å². The number of carbonyl (C=O) groups is 1. The molecule has 22 heavy (non-hydrogen) atoms. The summed E-state index contributed by atoms with van der Waals surface area (Å²) in [6, 6.07) is 4.17. The van der Waals surface area contributed by atoms with Gasteiger partial charge in [-0.1, -0.05) is 0 Å². The van der Waals surface area contributed by atoms with Crippen molar-refractivity contribution in [3.05, 3.63) is 24.5 Å². The summed E-state index contributed by atoms with van der Waals surface area (Å²) in [5.41, 5.74) is 0. The van der Waals surface area contributed by atoms with Crippen molar-refractivity contribution >= 4 is 6.03 Å². The number of rotatable bonds is 3. The van der Waals surface area contributed by atoms with Gasteiger partial charge in [-0.3, -0.25) is 4.98 Å². The van der Waals surface area contributed by atoms with Crippen molar-refractivity contribution in [1.29, 1.82) is 0 Å². The minimum Gasteiger partial charge on any atom is -0.490 e. The zero-order valence-electron chi connectivity index (χ0n) is 13.1. The van der Waals surface area contributed by atoms with Crippen LogP contribution in [0.3, 0.4) is 0 Å². The number of urea groups is 1. The lowest BCUT2D eigenvalue weighted by molar-refractivity contribution is 0.0866. The first kappa shape index (κ1) is 15.1. The Morgan fingerprint density at radius 2 is 2.00 bits per heavy atom. The SMILES string of the molecule is O=C(N1CCCCC1)N1CCCCC1COc1cccnc1. The molecule has 3 heterocycles. The van der Waals surface area contributed by atoms with Crippen LogP contribution in [0.5, 0.6) is 5.75 Å². The van der Waals surface area contributed by atoms with Gasteiger partial charge in [-0.15, -0.1) is 0 Å². The number of nitrogens with zero attached hydrogens (tertiary/aromatic N) is 3. The van der Waals surface area contributed by atoms with E-state index >= 15 is 0 Å². The van der Waals surface area contributed by atoms with E-state index in [0.717, 1.165) is 51.1 Å². The summed E-state index contributed by atoms with van der Waals surface area (Å²) in [6.45, 7) is 3.23. The van der Waals surface area contributed by atoms with Gasteiger partial charge in [0.15, 0.2) is 0 Å². The van der Waals surface area contributed by atoms with Gasteiger partial charge >= 0.3 is 6.03 Å². The second-order valence-corrected chi connectivity index (χ2v) is 6.17. The smallest absolute Gasteiger partial charge is 0.320 e. The van der Waals surface area contributed by atoms with Crippen LogP contribution in [0.1, 0.15) is 38.5 Å². The molecule has 0 spiro atoms. The van der Waals surface area contributed by atoms with Crippen molar-refractivity contribution in [2.45, 2.75) is 44.6 Å². The average Bonchev–Trinajstić information content (AvgIpc) is 2.61. The lowest BCUT2D eigenvalue weighted by Gasteiger charge is -2.40. The summed E-state index contributed by atoms with van der Waals surface area (Å²) in [4.78, 5) is 20.9. The molecule has 2 amide bonds. The number of amides is 2. The maximum atomic E-state index is 12.8. The highest BCUT2D eigenvalue weighted by Gasteiger charge is 2.30. The monoisotopic (exact) mass is 303 g/mol. The summed E-state index contributed by atoms with van der Waals surface area (Å²) in [5, 5.41) is 0. The van der Waals surface area contributed by atoms with E-state index in [0.29, 0.717) is 6.61 Å². The Bertz CT molecular complexity index is 474.